The van der Waals surface area contributed by atoms with Gasteiger partial charge in [0.05, 0.1) is 19.1 Å². The van der Waals surface area contributed by atoms with Crippen molar-refractivity contribution in [1.29, 1.82) is 0 Å². The van der Waals surface area contributed by atoms with Gasteiger partial charge in [-0.05, 0) is 41.5 Å². The second-order valence-corrected chi connectivity index (χ2v) is 8.80. The zero-order chi connectivity index (χ0) is 21.1. The first-order valence-corrected chi connectivity index (χ1v) is 11.2. The molecule has 3 N–H and O–H groups in total. The van der Waals surface area contributed by atoms with E-state index in [2.05, 4.69) is 32.8 Å². The zero-order valence-electron chi connectivity index (χ0n) is 17.1. The molecule has 3 aliphatic heterocycles. The Bertz CT molecular complexity index is 859. The summed E-state index contributed by atoms with van der Waals surface area (Å²) >= 11 is 1.54. The van der Waals surface area contributed by atoms with Crippen LogP contribution in [-0.2, 0) is 9.59 Å². The summed E-state index contributed by atoms with van der Waals surface area (Å²) in [7, 11) is 1.65. The standard InChI is InChI=1S/C22H28N4O3S/c1-3-9-23-20(27)15-7-5-10-26(12-15)22-24-18-17(13-30-19(18)21(28)25-22)14-6-4-8-16(11-14)29-2/h3-4,6,8,11,13,15,18-19,22,24H,1,5,7,9-10,12H2,2H3,(H,23,27)(H,25,28). The first-order chi connectivity index (χ1) is 14.6. The quantitative estimate of drug-likeness (QED) is 0.597. The number of methoxy groups -OCH3 is 1. The molecular formula is C22H28N4O3S. The third-order valence-corrected chi connectivity index (χ3v) is 7.04. The first-order valence-electron chi connectivity index (χ1n) is 10.3. The molecule has 1 aromatic rings. The molecule has 7 nitrogen and oxygen atoms in total. The van der Waals surface area contributed by atoms with Crippen molar-refractivity contribution in [3.8, 4) is 5.75 Å². The summed E-state index contributed by atoms with van der Waals surface area (Å²) in [5.74, 6) is 0.790. The Hall–Kier alpha value is -2.29. The number of carbonyl (C=O) groups is 2. The fraction of sp³-hybridized carbons (Fsp3) is 0.455. The van der Waals surface area contributed by atoms with E-state index in [1.54, 1.807) is 24.9 Å². The number of carbonyl (C=O) groups excluding carboxylic acids is 2. The molecule has 1 aromatic carbocycles. The topological polar surface area (TPSA) is 82.7 Å². The molecule has 2 fully saturated rings. The Morgan fingerprint density at radius 3 is 3.13 bits per heavy atom. The molecule has 0 saturated carbocycles. The predicted molar refractivity (Wildman–Crippen MR) is 119 cm³/mol. The molecule has 160 valence electrons. The van der Waals surface area contributed by atoms with Gasteiger partial charge in [0.15, 0.2) is 0 Å². The molecule has 30 heavy (non-hydrogen) atoms. The van der Waals surface area contributed by atoms with Gasteiger partial charge in [0.25, 0.3) is 0 Å². The van der Waals surface area contributed by atoms with Gasteiger partial charge in [-0.25, -0.2) is 0 Å². The van der Waals surface area contributed by atoms with Crippen molar-refractivity contribution >= 4 is 29.1 Å². The SMILES string of the molecule is C=CCNC(=O)C1CCCN(C2NC(=O)C3SC=C(c4cccc(OC)c4)C3N2)C1. The van der Waals surface area contributed by atoms with Crippen molar-refractivity contribution in [2.45, 2.75) is 30.4 Å². The first kappa shape index (κ1) is 21.0. The van der Waals surface area contributed by atoms with Gasteiger partial charge in [0.2, 0.25) is 11.8 Å². The van der Waals surface area contributed by atoms with Gasteiger partial charge in [-0.2, -0.15) is 0 Å². The Labute approximate surface area is 181 Å². The number of nitrogens with one attached hydrogen (secondary N) is 3. The number of amides is 2. The van der Waals surface area contributed by atoms with Crippen LogP contribution in [0.3, 0.4) is 0 Å². The van der Waals surface area contributed by atoms with Crippen molar-refractivity contribution in [2.75, 3.05) is 26.7 Å². The van der Waals surface area contributed by atoms with Crippen LogP contribution in [0, 0.1) is 5.92 Å². The number of piperidine rings is 1. The Kier molecular flexibility index (Phi) is 6.46. The summed E-state index contributed by atoms with van der Waals surface area (Å²) in [6.45, 7) is 5.58. The smallest absolute Gasteiger partial charge is 0.237 e. The van der Waals surface area contributed by atoms with Crippen LogP contribution in [0.15, 0.2) is 42.3 Å². The van der Waals surface area contributed by atoms with E-state index in [4.69, 9.17) is 4.74 Å². The van der Waals surface area contributed by atoms with E-state index in [1.807, 2.05) is 24.3 Å². The van der Waals surface area contributed by atoms with Crippen LogP contribution in [0.25, 0.3) is 5.57 Å². The highest BCUT2D eigenvalue weighted by Gasteiger charge is 2.44. The van der Waals surface area contributed by atoms with Crippen molar-refractivity contribution < 1.29 is 14.3 Å². The normalized spacial score (nSPS) is 28.8. The number of benzene rings is 1. The maximum absolute atomic E-state index is 12.8. The van der Waals surface area contributed by atoms with Gasteiger partial charge in [-0.1, -0.05) is 18.2 Å². The Morgan fingerprint density at radius 2 is 2.33 bits per heavy atom. The lowest BCUT2D eigenvalue weighted by molar-refractivity contribution is -0.128. The van der Waals surface area contributed by atoms with E-state index in [9.17, 15) is 9.59 Å². The highest BCUT2D eigenvalue weighted by molar-refractivity contribution is 8.04. The third kappa shape index (κ3) is 4.26. The lowest BCUT2D eigenvalue weighted by atomic mass is 9.94. The van der Waals surface area contributed by atoms with Gasteiger partial charge in [0.1, 0.15) is 17.3 Å². The Balaban J connectivity index is 1.47. The van der Waals surface area contributed by atoms with Crippen LogP contribution in [0.2, 0.25) is 0 Å². The van der Waals surface area contributed by atoms with Crippen LogP contribution >= 0.6 is 11.8 Å². The minimum Gasteiger partial charge on any atom is -0.497 e. The van der Waals surface area contributed by atoms with Crippen molar-refractivity contribution in [3.63, 3.8) is 0 Å². The number of hydrogen-bond donors (Lipinski definition) is 3. The summed E-state index contributed by atoms with van der Waals surface area (Å²) in [6, 6.07) is 7.83. The molecule has 4 unspecified atom stereocenters. The van der Waals surface area contributed by atoms with Crippen molar-refractivity contribution in [3.05, 3.63) is 47.9 Å². The molecule has 8 heteroatoms. The van der Waals surface area contributed by atoms with E-state index >= 15 is 0 Å². The zero-order valence-corrected chi connectivity index (χ0v) is 17.9. The minimum absolute atomic E-state index is 0.0288. The minimum atomic E-state index is -0.290. The van der Waals surface area contributed by atoms with Crippen LogP contribution in [0.1, 0.15) is 18.4 Å². The number of ether oxygens (including phenoxy) is 1. The van der Waals surface area contributed by atoms with Crippen LogP contribution in [0.5, 0.6) is 5.75 Å². The fourth-order valence-electron chi connectivity index (χ4n) is 4.30. The molecule has 4 atom stereocenters. The number of fused-ring (bicyclic) bond motifs is 1. The van der Waals surface area contributed by atoms with Crippen LogP contribution in [-0.4, -0.2) is 61.0 Å². The summed E-state index contributed by atoms with van der Waals surface area (Å²) < 4.78 is 5.36. The number of hydrogen-bond acceptors (Lipinski definition) is 6. The van der Waals surface area contributed by atoms with Crippen LogP contribution < -0.4 is 20.7 Å². The average molecular weight is 429 g/mol. The molecule has 3 heterocycles. The predicted octanol–water partition coefficient (Wildman–Crippen LogP) is 1.54. The maximum Gasteiger partial charge on any atom is 0.237 e. The molecule has 0 spiro atoms. The van der Waals surface area contributed by atoms with E-state index in [1.165, 1.54) is 0 Å². The number of thioether (sulfide) groups is 1. The van der Waals surface area contributed by atoms with Gasteiger partial charge < -0.3 is 15.4 Å². The molecule has 0 bridgehead atoms. The van der Waals surface area contributed by atoms with Gasteiger partial charge >= 0.3 is 0 Å². The van der Waals surface area contributed by atoms with E-state index in [-0.39, 0.29) is 35.3 Å². The molecule has 0 aliphatic carbocycles. The molecule has 2 amide bonds. The van der Waals surface area contributed by atoms with Crippen LogP contribution in [0.4, 0.5) is 0 Å². The van der Waals surface area contributed by atoms with Crippen molar-refractivity contribution in [2.24, 2.45) is 5.92 Å². The second-order valence-electron chi connectivity index (χ2n) is 7.79. The van der Waals surface area contributed by atoms with Gasteiger partial charge in [-0.15, -0.1) is 18.3 Å². The summed E-state index contributed by atoms with van der Waals surface area (Å²) in [6.07, 6.45) is 3.17. The third-order valence-electron chi connectivity index (χ3n) is 5.87. The van der Waals surface area contributed by atoms with Gasteiger partial charge in [-0.3, -0.25) is 19.8 Å². The fourth-order valence-corrected chi connectivity index (χ4v) is 5.45. The number of nitrogens with zero attached hydrogens (tertiary/aromatic N) is 1. The van der Waals surface area contributed by atoms with Crippen molar-refractivity contribution in [1.82, 2.24) is 20.9 Å². The van der Waals surface area contributed by atoms with E-state index < -0.39 is 0 Å². The lowest BCUT2D eigenvalue weighted by Crippen LogP contribution is -2.69. The second kappa shape index (κ2) is 9.24. The van der Waals surface area contributed by atoms with Gasteiger partial charge in [0, 0.05) is 19.6 Å². The van der Waals surface area contributed by atoms with E-state index in [0.717, 1.165) is 36.3 Å². The summed E-state index contributed by atoms with van der Waals surface area (Å²) in [5.41, 5.74) is 2.15. The highest BCUT2D eigenvalue weighted by atomic mass is 32.2. The lowest BCUT2D eigenvalue weighted by Gasteiger charge is -2.43. The molecular weight excluding hydrogens is 400 g/mol. The summed E-state index contributed by atoms with van der Waals surface area (Å²) in [4.78, 5) is 27.4. The molecule has 0 aromatic heterocycles. The maximum atomic E-state index is 12.8. The number of rotatable bonds is 6. The van der Waals surface area contributed by atoms with E-state index in [0.29, 0.717) is 13.1 Å². The average Bonchev–Trinajstić information content (AvgIpc) is 3.22. The Morgan fingerprint density at radius 1 is 1.47 bits per heavy atom. The molecule has 2 saturated heterocycles. The largest absolute Gasteiger partial charge is 0.497 e. The number of likely N-dealkylation sites (tertiary alicyclic amines) is 1. The monoisotopic (exact) mass is 428 g/mol. The summed E-state index contributed by atoms with van der Waals surface area (Å²) in [5, 5.41) is 11.5. The highest BCUT2D eigenvalue weighted by Crippen LogP contribution is 2.39. The molecule has 3 aliphatic rings. The molecule has 0 radical (unpaired) electrons. The molecule has 4 rings (SSSR count).